The molecule has 0 radical (unpaired) electrons. The zero-order valence-electron chi connectivity index (χ0n) is 15.4. The first-order valence-corrected chi connectivity index (χ1v) is 10.6. The maximum atomic E-state index is 12.5. The molecule has 2 aliphatic heterocycles. The van der Waals surface area contributed by atoms with Gasteiger partial charge in [-0.15, -0.1) is 0 Å². The Kier molecular flexibility index (Phi) is 5.83. The number of carbonyl (C=O) groups is 2. The molecule has 0 bridgehead atoms. The maximum absolute atomic E-state index is 12.5. The van der Waals surface area contributed by atoms with Gasteiger partial charge in [0, 0.05) is 25.2 Å². The number of sulfonamides is 1. The minimum Gasteiger partial charge on any atom is -0.453 e. The molecule has 1 aromatic rings. The van der Waals surface area contributed by atoms with Crippen LogP contribution in [0.4, 0.5) is 0 Å². The van der Waals surface area contributed by atoms with Gasteiger partial charge in [-0.05, 0) is 19.9 Å². The number of benzene rings is 1. The third-order valence-corrected chi connectivity index (χ3v) is 6.41. The average Bonchev–Trinajstić information content (AvgIpc) is 2.90. The highest BCUT2D eigenvalue weighted by Crippen LogP contribution is 2.32. The SMILES string of the molecule is C[C@@H]1CN(S(=O)(=O)CCNC(=O)C[C@H]2OC(=O)c3ccccc32)C[C@@H](C)O1. The summed E-state index contributed by atoms with van der Waals surface area (Å²) >= 11 is 0. The van der Waals surface area contributed by atoms with Crippen LogP contribution < -0.4 is 5.32 Å². The van der Waals surface area contributed by atoms with Crippen LogP contribution >= 0.6 is 0 Å². The summed E-state index contributed by atoms with van der Waals surface area (Å²) in [6.07, 6.45) is -0.981. The fraction of sp³-hybridized carbons (Fsp3) is 0.556. The van der Waals surface area contributed by atoms with Crippen LogP contribution in [0, 0.1) is 0 Å². The van der Waals surface area contributed by atoms with Gasteiger partial charge in [-0.3, -0.25) is 4.79 Å². The molecule has 9 heteroatoms. The number of amides is 1. The Balaban J connectivity index is 1.49. The smallest absolute Gasteiger partial charge is 0.339 e. The number of rotatable bonds is 6. The minimum absolute atomic E-state index is 0.00357. The molecule has 1 amide bonds. The van der Waals surface area contributed by atoms with Crippen molar-refractivity contribution >= 4 is 21.9 Å². The van der Waals surface area contributed by atoms with Gasteiger partial charge in [0.15, 0.2) is 0 Å². The second kappa shape index (κ2) is 7.95. The predicted molar refractivity (Wildman–Crippen MR) is 97.6 cm³/mol. The molecule has 0 saturated carbocycles. The Morgan fingerprint density at radius 2 is 1.89 bits per heavy atom. The monoisotopic (exact) mass is 396 g/mol. The number of nitrogens with zero attached hydrogens (tertiary/aromatic N) is 1. The van der Waals surface area contributed by atoms with Crippen LogP contribution in [0.25, 0.3) is 0 Å². The summed E-state index contributed by atoms with van der Waals surface area (Å²) in [5.74, 6) is -0.982. The van der Waals surface area contributed by atoms with E-state index >= 15 is 0 Å². The van der Waals surface area contributed by atoms with Crippen molar-refractivity contribution in [3.63, 3.8) is 0 Å². The summed E-state index contributed by atoms with van der Waals surface area (Å²) in [6.45, 7) is 4.30. The maximum Gasteiger partial charge on any atom is 0.339 e. The van der Waals surface area contributed by atoms with Gasteiger partial charge in [0.2, 0.25) is 15.9 Å². The second-order valence-corrected chi connectivity index (χ2v) is 9.01. The quantitative estimate of drug-likeness (QED) is 0.715. The first kappa shape index (κ1) is 19.8. The number of hydrogen-bond acceptors (Lipinski definition) is 6. The number of morpholine rings is 1. The molecular formula is C18H24N2O6S. The van der Waals surface area contributed by atoms with Gasteiger partial charge in [-0.25, -0.2) is 13.2 Å². The summed E-state index contributed by atoms with van der Waals surface area (Å²) in [5.41, 5.74) is 1.15. The highest BCUT2D eigenvalue weighted by Gasteiger charge is 2.33. The van der Waals surface area contributed by atoms with Crippen molar-refractivity contribution in [2.45, 2.75) is 38.6 Å². The van der Waals surface area contributed by atoms with E-state index in [1.54, 1.807) is 24.3 Å². The second-order valence-electron chi connectivity index (χ2n) is 6.93. The van der Waals surface area contributed by atoms with Gasteiger partial charge >= 0.3 is 5.97 Å². The molecule has 27 heavy (non-hydrogen) atoms. The highest BCUT2D eigenvalue weighted by molar-refractivity contribution is 7.89. The largest absolute Gasteiger partial charge is 0.453 e. The molecule has 148 valence electrons. The molecule has 1 saturated heterocycles. The van der Waals surface area contributed by atoms with E-state index in [2.05, 4.69) is 5.32 Å². The predicted octanol–water partition coefficient (Wildman–Crippen LogP) is 0.843. The summed E-state index contributed by atoms with van der Waals surface area (Å²) in [6, 6.07) is 6.93. The molecule has 3 rings (SSSR count). The highest BCUT2D eigenvalue weighted by atomic mass is 32.2. The van der Waals surface area contributed by atoms with Crippen molar-refractivity contribution in [3.05, 3.63) is 35.4 Å². The lowest BCUT2D eigenvalue weighted by Gasteiger charge is -2.34. The van der Waals surface area contributed by atoms with Crippen molar-refractivity contribution in [1.82, 2.24) is 9.62 Å². The molecular weight excluding hydrogens is 372 g/mol. The minimum atomic E-state index is -3.48. The molecule has 0 unspecified atom stereocenters. The average molecular weight is 396 g/mol. The lowest BCUT2D eigenvalue weighted by Crippen LogP contribution is -2.49. The van der Waals surface area contributed by atoms with Crippen molar-refractivity contribution in [3.8, 4) is 0 Å². The van der Waals surface area contributed by atoms with Gasteiger partial charge in [0.1, 0.15) is 6.10 Å². The Morgan fingerprint density at radius 3 is 2.59 bits per heavy atom. The van der Waals surface area contributed by atoms with Crippen LogP contribution in [-0.4, -0.2) is 62.2 Å². The Bertz CT molecular complexity index is 815. The fourth-order valence-corrected chi connectivity index (χ4v) is 4.91. The standard InChI is InChI=1S/C18H24N2O6S/c1-12-10-20(11-13(2)25-12)27(23,24)8-7-19-17(21)9-16-14-5-3-4-6-15(14)18(22)26-16/h3-6,12-13,16H,7-11H2,1-2H3,(H,19,21)/t12-,13-,16-/m1/s1. The Hall–Kier alpha value is -1.97. The van der Waals surface area contributed by atoms with Crippen LogP contribution in [0.2, 0.25) is 0 Å². The topological polar surface area (TPSA) is 102 Å². The lowest BCUT2D eigenvalue weighted by atomic mass is 10.0. The number of hydrogen-bond donors (Lipinski definition) is 1. The summed E-state index contributed by atoms with van der Waals surface area (Å²) in [7, 11) is -3.48. The number of esters is 1. The molecule has 0 spiro atoms. The van der Waals surface area contributed by atoms with Crippen LogP contribution in [0.5, 0.6) is 0 Å². The summed E-state index contributed by atoms with van der Waals surface area (Å²) in [5, 5.41) is 2.61. The molecule has 1 N–H and O–H groups in total. The van der Waals surface area contributed by atoms with E-state index in [4.69, 9.17) is 9.47 Å². The lowest BCUT2D eigenvalue weighted by molar-refractivity contribution is -0.122. The van der Waals surface area contributed by atoms with E-state index in [1.807, 2.05) is 13.8 Å². The normalized spacial score (nSPS) is 25.7. The zero-order chi connectivity index (χ0) is 19.6. The van der Waals surface area contributed by atoms with Gasteiger partial charge in [0.05, 0.1) is 29.9 Å². The van der Waals surface area contributed by atoms with Crippen molar-refractivity contribution in [2.24, 2.45) is 0 Å². The van der Waals surface area contributed by atoms with Gasteiger partial charge in [0.25, 0.3) is 0 Å². The Labute approximate surface area is 158 Å². The first-order valence-electron chi connectivity index (χ1n) is 8.96. The van der Waals surface area contributed by atoms with Crippen LogP contribution in [0.3, 0.4) is 0 Å². The summed E-state index contributed by atoms with van der Waals surface area (Å²) in [4.78, 5) is 23.9. The molecule has 8 nitrogen and oxygen atoms in total. The summed E-state index contributed by atoms with van der Waals surface area (Å²) < 4.78 is 37.1. The number of carbonyl (C=O) groups excluding carboxylic acids is 2. The van der Waals surface area contributed by atoms with E-state index in [9.17, 15) is 18.0 Å². The molecule has 1 fully saturated rings. The van der Waals surface area contributed by atoms with Crippen LogP contribution in [-0.2, 0) is 24.3 Å². The van der Waals surface area contributed by atoms with E-state index in [1.165, 1.54) is 4.31 Å². The third kappa shape index (κ3) is 4.66. The van der Waals surface area contributed by atoms with Crippen LogP contribution in [0.1, 0.15) is 42.3 Å². The number of ether oxygens (including phenoxy) is 2. The first-order chi connectivity index (χ1) is 12.8. The number of cyclic esters (lactones) is 1. The Morgan fingerprint density at radius 1 is 1.22 bits per heavy atom. The van der Waals surface area contributed by atoms with E-state index in [0.717, 1.165) is 0 Å². The van der Waals surface area contributed by atoms with E-state index in [0.29, 0.717) is 24.2 Å². The van der Waals surface area contributed by atoms with Gasteiger partial charge in [-0.2, -0.15) is 4.31 Å². The molecule has 0 aliphatic carbocycles. The molecule has 2 heterocycles. The van der Waals surface area contributed by atoms with Crippen LogP contribution in [0.15, 0.2) is 24.3 Å². The van der Waals surface area contributed by atoms with Gasteiger partial charge < -0.3 is 14.8 Å². The van der Waals surface area contributed by atoms with Gasteiger partial charge in [-0.1, -0.05) is 18.2 Å². The molecule has 0 aromatic heterocycles. The van der Waals surface area contributed by atoms with E-state index in [-0.39, 0.29) is 36.8 Å². The molecule has 1 aromatic carbocycles. The molecule has 2 aliphatic rings. The fourth-order valence-electron chi connectivity index (χ4n) is 3.42. The molecule has 3 atom stereocenters. The van der Waals surface area contributed by atoms with Crippen molar-refractivity contribution in [2.75, 3.05) is 25.4 Å². The number of fused-ring (bicyclic) bond motifs is 1. The van der Waals surface area contributed by atoms with Crippen molar-refractivity contribution < 1.29 is 27.5 Å². The number of nitrogens with one attached hydrogen (secondary N) is 1. The zero-order valence-corrected chi connectivity index (χ0v) is 16.2. The third-order valence-electron chi connectivity index (χ3n) is 4.61. The van der Waals surface area contributed by atoms with E-state index < -0.39 is 22.1 Å². The van der Waals surface area contributed by atoms with Crippen molar-refractivity contribution in [1.29, 1.82) is 0 Å².